The lowest BCUT2D eigenvalue weighted by molar-refractivity contribution is -0.155. The van der Waals surface area contributed by atoms with E-state index in [1.54, 1.807) is 119 Å². The zero-order valence-corrected chi connectivity index (χ0v) is 38.4. The first kappa shape index (κ1) is 50.4. The van der Waals surface area contributed by atoms with Gasteiger partial charge in [0.05, 0.1) is 17.5 Å². The molecule has 0 aliphatic rings. The largest absolute Gasteiger partial charge is 0.460 e. The fourth-order valence-corrected chi connectivity index (χ4v) is 5.58. The van der Waals surface area contributed by atoms with Gasteiger partial charge in [-0.3, -0.25) is 14.9 Å². The highest BCUT2D eigenvalue weighted by Gasteiger charge is 2.24. The van der Waals surface area contributed by atoms with E-state index in [1.807, 2.05) is 0 Å². The number of guanidine groups is 1. The lowest BCUT2D eigenvalue weighted by Gasteiger charge is -2.25. The Bertz CT molecular complexity index is 2120. The van der Waals surface area contributed by atoms with Gasteiger partial charge in [0, 0.05) is 30.2 Å². The van der Waals surface area contributed by atoms with E-state index in [9.17, 15) is 28.8 Å². The van der Waals surface area contributed by atoms with Crippen molar-refractivity contribution in [2.75, 3.05) is 11.9 Å². The molecule has 0 aliphatic heterocycles. The molecule has 0 atom stereocenters. The second-order valence-electron chi connectivity index (χ2n) is 18.3. The average Bonchev–Trinajstić information content (AvgIpc) is 3.10. The van der Waals surface area contributed by atoms with Crippen molar-refractivity contribution in [2.24, 2.45) is 4.99 Å². The molecule has 0 aromatic heterocycles. The van der Waals surface area contributed by atoms with Crippen LogP contribution in [0.2, 0.25) is 5.02 Å². The van der Waals surface area contributed by atoms with Crippen molar-refractivity contribution < 1.29 is 52.5 Å². The van der Waals surface area contributed by atoms with E-state index in [1.165, 1.54) is 35.2 Å². The van der Waals surface area contributed by atoms with Crippen molar-refractivity contribution in [3.8, 4) is 5.75 Å². The summed E-state index contributed by atoms with van der Waals surface area (Å²) in [6.45, 7) is 20.9. The number of nitrogens with zero attached hydrogens (tertiary/aromatic N) is 2. The number of hydrogen-bond acceptors (Lipinski definition) is 11. The molecule has 62 heavy (non-hydrogen) atoms. The van der Waals surface area contributed by atoms with Gasteiger partial charge < -0.3 is 33.9 Å². The normalized spacial score (nSPS) is 12.1. The summed E-state index contributed by atoms with van der Waals surface area (Å²) in [7, 11) is 0. The molecule has 0 saturated heterocycles. The number of alkyl carbamates (subject to hydrolysis) is 1. The zero-order chi connectivity index (χ0) is 46.6. The molecular formula is C46H59ClN4O11. The van der Waals surface area contributed by atoms with Crippen LogP contribution in [0.1, 0.15) is 128 Å². The van der Waals surface area contributed by atoms with Crippen LogP contribution in [-0.4, -0.2) is 75.8 Å². The number of esters is 3. The van der Waals surface area contributed by atoms with Crippen LogP contribution in [0.15, 0.2) is 71.7 Å². The molecule has 0 radical (unpaired) electrons. The van der Waals surface area contributed by atoms with Crippen molar-refractivity contribution in [2.45, 2.75) is 131 Å². The van der Waals surface area contributed by atoms with Crippen LogP contribution >= 0.6 is 11.6 Å². The van der Waals surface area contributed by atoms with Crippen LogP contribution in [0.25, 0.3) is 0 Å². The SMILES string of the molecule is CC(C)(C)OC(=O)CCN(Cc1cccc(C(=O)OC(C)(C)C)c1)C(=O)CCc1ccc(OC(=O)c2ccc(N/C(=N\C(=O)OC(C)(C)C)NC(=O)OC(C)(C)C)cc2)cc1Cl. The van der Waals surface area contributed by atoms with Crippen LogP contribution < -0.4 is 15.4 Å². The number of carbonyl (C=O) groups is 6. The number of halogens is 1. The Kier molecular flexibility index (Phi) is 17.2. The van der Waals surface area contributed by atoms with Crippen molar-refractivity contribution in [1.82, 2.24) is 10.2 Å². The molecule has 0 bridgehead atoms. The second kappa shape index (κ2) is 21.2. The minimum Gasteiger partial charge on any atom is -0.460 e. The number of ether oxygens (including phenoxy) is 5. The summed E-state index contributed by atoms with van der Waals surface area (Å²) in [5, 5.41) is 5.48. The summed E-state index contributed by atoms with van der Waals surface area (Å²) in [6, 6.07) is 17.4. The van der Waals surface area contributed by atoms with Gasteiger partial charge in [-0.25, -0.2) is 19.2 Å². The summed E-state index contributed by atoms with van der Waals surface area (Å²) >= 11 is 6.61. The van der Waals surface area contributed by atoms with Gasteiger partial charge in [0.25, 0.3) is 0 Å². The van der Waals surface area contributed by atoms with Crippen LogP contribution in [-0.2, 0) is 41.5 Å². The van der Waals surface area contributed by atoms with Crippen LogP contribution in [0.3, 0.4) is 0 Å². The number of hydrogen-bond donors (Lipinski definition) is 2. The lowest BCUT2D eigenvalue weighted by atomic mass is 10.1. The van der Waals surface area contributed by atoms with Crippen LogP contribution in [0.5, 0.6) is 5.75 Å². The molecule has 3 amide bonds. The number of benzene rings is 3. The Balaban J connectivity index is 1.70. The quantitative estimate of drug-likeness (QED) is 0.0578. The molecule has 15 nitrogen and oxygen atoms in total. The fraction of sp³-hybridized carbons (Fsp3) is 0.457. The molecular weight excluding hydrogens is 820 g/mol. The first-order valence-electron chi connectivity index (χ1n) is 20.1. The summed E-state index contributed by atoms with van der Waals surface area (Å²) in [6.07, 6.45) is -1.58. The Morgan fingerprint density at radius 3 is 1.85 bits per heavy atom. The molecule has 3 rings (SSSR count). The van der Waals surface area contributed by atoms with Gasteiger partial charge in [0.2, 0.25) is 11.9 Å². The Morgan fingerprint density at radius 2 is 1.27 bits per heavy atom. The van der Waals surface area contributed by atoms with Gasteiger partial charge in [-0.1, -0.05) is 29.8 Å². The van der Waals surface area contributed by atoms with E-state index in [-0.39, 0.29) is 60.6 Å². The molecule has 2 N–H and O–H groups in total. The number of carbonyl (C=O) groups excluding carboxylic acids is 6. The number of anilines is 1. The molecule has 0 spiro atoms. The van der Waals surface area contributed by atoms with Gasteiger partial charge in [-0.15, -0.1) is 4.99 Å². The van der Waals surface area contributed by atoms with Crippen molar-refractivity contribution in [1.29, 1.82) is 0 Å². The summed E-state index contributed by atoms with van der Waals surface area (Å²) in [5.41, 5.74) is -0.859. The molecule has 0 unspecified atom stereocenters. The smallest absolute Gasteiger partial charge is 0.437 e. The third-order valence-corrected chi connectivity index (χ3v) is 8.09. The van der Waals surface area contributed by atoms with Crippen LogP contribution in [0, 0.1) is 0 Å². The van der Waals surface area contributed by atoms with Gasteiger partial charge in [0.1, 0.15) is 28.2 Å². The maximum atomic E-state index is 13.7. The average molecular weight is 879 g/mol. The van der Waals surface area contributed by atoms with Crippen molar-refractivity contribution in [3.05, 3.63) is 94.0 Å². The minimum atomic E-state index is -0.954. The van der Waals surface area contributed by atoms with Gasteiger partial charge in [0.15, 0.2) is 0 Å². The number of aliphatic imine (C=N–C) groups is 1. The predicted molar refractivity (Wildman–Crippen MR) is 235 cm³/mol. The highest BCUT2D eigenvalue weighted by atomic mass is 35.5. The summed E-state index contributed by atoms with van der Waals surface area (Å²) in [4.78, 5) is 82.4. The number of rotatable bonds is 12. The third kappa shape index (κ3) is 19.2. The Labute approximate surface area is 368 Å². The number of amides is 3. The molecule has 3 aromatic rings. The van der Waals surface area contributed by atoms with E-state index in [2.05, 4.69) is 15.6 Å². The van der Waals surface area contributed by atoms with E-state index in [0.29, 0.717) is 22.4 Å². The van der Waals surface area contributed by atoms with E-state index >= 15 is 0 Å². The Hall–Kier alpha value is -5.96. The van der Waals surface area contributed by atoms with Crippen molar-refractivity contribution >= 4 is 59.2 Å². The topological polar surface area (TPSA) is 188 Å². The third-order valence-electron chi connectivity index (χ3n) is 7.74. The number of nitrogens with one attached hydrogen (secondary N) is 2. The van der Waals surface area contributed by atoms with E-state index in [4.69, 9.17) is 35.3 Å². The van der Waals surface area contributed by atoms with Crippen LogP contribution in [0.4, 0.5) is 15.3 Å². The monoisotopic (exact) mass is 878 g/mol. The number of aryl methyl sites for hydroxylation is 1. The predicted octanol–water partition coefficient (Wildman–Crippen LogP) is 9.44. The van der Waals surface area contributed by atoms with E-state index in [0.717, 1.165) is 0 Å². The molecule has 16 heteroatoms. The standard InChI is InChI=1S/C46H59ClN4O11/c1-43(2,3)59-37(53)24-25-51(28-29-14-13-15-32(26-29)39(55)60-44(4,5)6)36(52)23-19-30-18-22-34(27-35(30)47)58-38(54)31-16-20-33(21-17-31)48-40(49-41(56)61-45(7,8)9)50-42(57)62-46(10,11)12/h13-18,20-22,26-27H,19,23-25,28H2,1-12H3,(H2,48,49,50,56,57). The Morgan fingerprint density at radius 1 is 0.661 bits per heavy atom. The maximum absolute atomic E-state index is 13.7. The molecule has 3 aromatic carbocycles. The van der Waals surface area contributed by atoms with Gasteiger partial charge in [-0.05, 0) is 149 Å². The van der Waals surface area contributed by atoms with Crippen molar-refractivity contribution in [3.63, 3.8) is 0 Å². The molecule has 0 heterocycles. The second-order valence-corrected chi connectivity index (χ2v) is 18.7. The fourth-order valence-electron chi connectivity index (χ4n) is 5.31. The maximum Gasteiger partial charge on any atom is 0.437 e. The molecule has 336 valence electrons. The van der Waals surface area contributed by atoms with Gasteiger partial charge >= 0.3 is 30.1 Å². The highest BCUT2D eigenvalue weighted by Crippen LogP contribution is 2.26. The summed E-state index contributed by atoms with van der Waals surface area (Å²) in [5.74, 6) is -2.00. The zero-order valence-electron chi connectivity index (χ0n) is 37.6. The molecule has 0 fully saturated rings. The van der Waals surface area contributed by atoms with E-state index < -0.39 is 52.5 Å². The molecule has 0 aliphatic carbocycles. The minimum absolute atomic E-state index is 0.0382. The first-order valence-corrected chi connectivity index (χ1v) is 20.4. The molecule has 0 saturated carbocycles. The van der Waals surface area contributed by atoms with Gasteiger partial charge in [-0.2, -0.15) is 0 Å². The summed E-state index contributed by atoms with van der Waals surface area (Å²) < 4.78 is 27.1. The lowest BCUT2D eigenvalue weighted by Crippen LogP contribution is -2.40. The first-order chi connectivity index (χ1) is 28.5. The highest BCUT2D eigenvalue weighted by molar-refractivity contribution is 6.31.